The van der Waals surface area contributed by atoms with Crippen molar-refractivity contribution >= 4 is 27.3 Å². The van der Waals surface area contributed by atoms with Gasteiger partial charge in [-0.1, -0.05) is 0 Å². The zero-order valence-corrected chi connectivity index (χ0v) is 15.0. The SMILES string of the molecule is CCOc1ccc(NS(=O)(=O)c2ccc(OC)c(NC(C)=O)c2)cc1. The number of benzene rings is 2. The van der Waals surface area contributed by atoms with Gasteiger partial charge in [0.15, 0.2) is 0 Å². The van der Waals surface area contributed by atoms with E-state index in [0.29, 0.717) is 23.8 Å². The summed E-state index contributed by atoms with van der Waals surface area (Å²) >= 11 is 0. The summed E-state index contributed by atoms with van der Waals surface area (Å²) < 4.78 is 38.0. The van der Waals surface area contributed by atoms with Gasteiger partial charge in [-0.3, -0.25) is 9.52 Å². The summed E-state index contributed by atoms with van der Waals surface area (Å²) in [5.74, 6) is 0.699. The lowest BCUT2D eigenvalue weighted by Crippen LogP contribution is -2.14. The van der Waals surface area contributed by atoms with Gasteiger partial charge < -0.3 is 14.8 Å². The Labute approximate surface area is 147 Å². The Kier molecular flexibility index (Phi) is 5.87. The van der Waals surface area contributed by atoms with Crippen molar-refractivity contribution in [3.63, 3.8) is 0 Å². The highest BCUT2D eigenvalue weighted by Crippen LogP contribution is 2.28. The number of amides is 1. The van der Waals surface area contributed by atoms with Crippen LogP contribution in [0.3, 0.4) is 0 Å². The summed E-state index contributed by atoms with van der Waals surface area (Å²) in [5, 5.41) is 2.55. The summed E-state index contributed by atoms with van der Waals surface area (Å²) in [6.45, 7) is 3.73. The highest BCUT2D eigenvalue weighted by Gasteiger charge is 2.17. The second-order valence-corrected chi connectivity index (χ2v) is 6.79. The molecule has 1 amide bonds. The average molecular weight is 364 g/mol. The third-order valence-electron chi connectivity index (χ3n) is 3.21. The van der Waals surface area contributed by atoms with Crippen LogP contribution in [0.5, 0.6) is 11.5 Å². The van der Waals surface area contributed by atoms with E-state index < -0.39 is 10.0 Å². The molecule has 0 aliphatic rings. The van der Waals surface area contributed by atoms with Crippen molar-refractivity contribution in [2.24, 2.45) is 0 Å². The van der Waals surface area contributed by atoms with Gasteiger partial charge in [0.25, 0.3) is 10.0 Å². The van der Waals surface area contributed by atoms with Crippen molar-refractivity contribution in [2.75, 3.05) is 23.8 Å². The van der Waals surface area contributed by atoms with E-state index in [0.717, 1.165) is 0 Å². The lowest BCUT2D eigenvalue weighted by Gasteiger charge is -2.13. The zero-order chi connectivity index (χ0) is 18.4. The van der Waals surface area contributed by atoms with Crippen LogP contribution in [0.4, 0.5) is 11.4 Å². The summed E-state index contributed by atoms with van der Waals surface area (Å²) in [4.78, 5) is 11.3. The van der Waals surface area contributed by atoms with Gasteiger partial charge in [-0.05, 0) is 49.4 Å². The fourth-order valence-corrected chi connectivity index (χ4v) is 3.23. The molecule has 0 atom stereocenters. The van der Waals surface area contributed by atoms with E-state index in [2.05, 4.69) is 10.0 Å². The molecule has 0 unspecified atom stereocenters. The van der Waals surface area contributed by atoms with Gasteiger partial charge in [0.1, 0.15) is 11.5 Å². The largest absolute Gasteiger partial charge is 0.495 e. The van der Waals surface area contributed by atoms with Gasteiger partial charge in [0.05, 0.1) is 24.3 Å². The lowest BCUT2D eigenvalue weighted by atomic mass is 10.3. The smallest absolute Gasteiger partial charge is 0.261 e. The van der Waals surface area contributed by atoms with E-state index in [9.17, 15) is 13.2 Å². The quantitative estimate of drug-likeness (QED) is 0.788. The Bertz CT molecular complexity index is 848. The number of carbonyl (C=O) groups is 1. The molecular weight excluding hydrogens is 344 g/mol. The molecule has 7 nitrogen and oxygen atoms in total. The number of hydrogen-bond acceptors (Lipinski definition) is 5. The van der Waals surface area contributed by atoms with Gasteiger partial charge in [-0.2, -0.15) is 0 Å². The molecule has 0 saturated heterocycles. The van der Waals surface area contributed by atoms with Crippen LogP contribution < -0.4 is 19.5 Å². The molecule has 25 heavy (non-hydrogen) atoms. The molecule has 0 aromatic heterocycles. The Morgan fingerprint density at radius 3 is 2.36 bits per heavy atom. The zero-order valence-electron chi connectivity index (χ0n) is 14.2. The van der Waals surface area contributed by atoms with Crippen molar-refractivity contribution in [1.82, 2.24) is 0 Å². The van der Waals surface area contributed by atoms with Crippen LogP contribution in [0.15, 0.2) is 47.4 Å². The standard InChI is InChI=1S/C17H20N2O5S/c1-4-24-14-7-5-13(6-8-14)19-25(21,22)15-9-10-17(23-3)16(11-15)18-12(2)20/h5-11,19H,4H2,1-3H3,(H,18,20). The number of hydrogen-bond donors (Lipinski definition) is 2. The van der Waals surface area contributed by atoms with Crippen molar-refractivity contribution in [3.05, 3.63) is 42.5 Å². The first kappa shape index (κ1) is 18.6. The highest BCUT2D eigenvalue weighted by molar-refractivity contribution is 7.92. The second-order valence-electron chi connectivity index (χ2n) is 5.11. The van der Waals surface area contributed by atoms with Gasteiger partial charge in [-0.25, -0.2) is 8.42 Å². The molecule has 134 valence electrons. The minimum absolute atomic E-state index is 0.00550. The van der Waals surface area contributed by atoms with Crippen LogP contribution in [0.1, 0.15) is 13.8 Å². The molecule has 0 bridgehead atoms. The number of ether oxygens (including phenoxy) is 2. The molecule has 0 aliphatic heterocycles. The van der Waals surface area contributed by atoms with E-state index in [1.165, 1.54) is 32.2 Å². The molecule has 2 aromatic rings. The first-order valence-electron chi connectivity index (χ1n) is 7.57. The van der Waals surface area contributed by atoms with Crippen LogP contribution in [0.2, 0.25) is 0 Å². The number of nitrogens with one attached hydrogen (secondary N) is 2. The normalized spacial score (nSPS) is 10.8. The van der Waals surface area contributed by atoms with Crippen molar-refractivity contribution < 1.29 is 22.7 Å². The molecule has 0 radical (unpaired) electrons. The maximum Gasteiger partial charge on any atom is 0.261 e. The summed E-state index contributed by atoms with van der Waals surface area (Å²) in [7, 11) is -2.38. The lowest BCUT2D eigenvalue weighted by molar-refractivity contribution is -0.114. The maximum absolute atomic E-state index is 12.6. The van der Waals surface area contributed by atoms with Gasteiger partial charge in [0.2, 0.25) is 5.91 Å². The highest BCUT2D eigenvalue weighted by atomic mass is 32.2. The van der Waals surface area contributed by atoms with E-state index in [-0.39, 0.29) is 16.5 Å². The van der Waals surface area contributed by atoms with E-state index in [1.54, 1.807) is 24.3 Å². The summed E-state index contributed by atoms with van der Waals surface area (Å²) in [5.41, 5.74) is 0.685. The molecule has 8 heteroatoms. The van der Waals surface area contributed by atoms with Crippen molar-refractivity contribution in [2.45, 2.75) is 18.7 Å². The average Bonchev–Trinajstić information content (AvgIpc) is 2.56. The Hall–Kier alpha value is -2.74. The molecule has 0 saturated carbocycles. The van der Waals surface area contributed by atoms with Crippen LogP contribution in [-0.2, 0) is 14.8 Å². The number of anilines is 2. The minimum Gasteiger partial charge on any atom is -0.495 e. The summed E-state index contributed by atoms with van der Waals surface area (Å²) in [6, 6.07) is 10.8. The van der Waals surface area contributed by atoms with Gasteiger partial charge in [0, 0.05) is 12.6 Å². The third kappa shape index (κ3) is 4.87. The molecule has 2 N–H and O–H groups in total. The Morgan fingerprint density at radius 1 is 1.12 bits per heavy atom. The Balaban J connectivity index is 2.27. The van der Waals surface area contributed by atoms with Gasteiger partial charge >= 0.3 is 0 Å². The molecule has 2 aromatic carbocycles. The first-order valence-corrected chi connectivity index (χ1v) is 9.05. The predicted molar refractivity (Wildman–Crippen MR) is 95.7 cm³/mol. The number of rotatable bonds is 7. The van der Waals surface area contributed by atoms with Crippen molar-refractivity contribution in [3.8, 4) is 11.5 Å². The monoisotopic (exact) mass is 364 g/mol. The number of sulfonamides is 1. The Morgan fingerprint density at radius 2 is 1.80 bits per heavy atom. The number of methoxy groups -OCH3 is 1. The fraction of sp³-hybridized carbons (Fsp3) is 0.235. The molecular formula is C17H20N2O5S. The van der Waals surface area contributed by atoms with Gasteiger partial charge in [-0.15, -0.1) is 0 Å². The van der Waals surface area contributed by atoms with E-state index in [4.69, 9.17) is 9.47 Å². The second kappa shape index (κ2) is 7.89. The first-order chi connectivity index (χ1) is 11.9. The topological polar surface area (TPSA) is 93.7 Å². The van der Waals surface area contributed by atoms with E-state index in [1.807, 2.05) is 6.92 Å². The van der Waals surface area contributed by atoms with Crippen LogP contribution in [0.25, 0.3) is 0 Å². The molecule has 0 aliphatic carbocycles. The summed E-state index contributed by atoms with van der Waals surface area (Å²) in [6.07, 6.45) is 0. The molecule has 2 rings (SSSR count). The van der Waals surface area contributed by atoms with Crippen LogP contribution in [-0.4, -0.2) is 28.0 Å². The predicted octanol–water partition coefficient (Wildman–Crippen LogP) is 2.85. The molecule has 0 spiro atoms. The fourth-order valence-electron chi connectivity index (χ4n) is 2.14. The van der Waals surface area contributed by atoms with E-state index >= 15 is 0 Å². The van der Waals surface area contributed by atoms with Crippen LogP contribution >= 0.6 is 0 Å². The maximum atomic E-state index is 12.6. The van der Waals surface area contributed by atoms with Crippen molar-refractivity contribution in [1.29, 1.82) is 0 Å². The molecule has 0 fully saturated rings. The minimum atomic E-state index is -3.82. The molecule has 0 heterocycles. The van der Waals surface area contributed by atoms with Crippen LogP contribution in [0, 0.1) is 0 Å². The number of carbonyl (C=O) groups excluding carboxylic acids is 1. The third-order valence-corrected chi connectivity index (χ3v) is 4.59.